The number of H-pyrrole nitrogens is 1. The first-order valence-electron chi connectivity index (χ1n) is 13.6. The Labute approximate surface area is 228 Å². The van der Waals surface area contributed by atoms with Crippen molar-refractivity contribution in [2.24, 2.45) is 28.5 Å². The summed E-state index contributed by atoms with van der Waals surface area (Å²) in [6, 6.07) is 10.5. The Hall–Kier alpha value is -4.24. The number of hydrazone groups is 1. The molecular weight excluding hydrogens is 494 g/mol. The topological polar surface area (TPSA) is 178 Å². The summed E-state index contributed by atoms with van der Waals surface area (Å²) in [5.41, 5.74) is 8.02. The number of likely N-dealkylation sites (tertiary alicyclic amines) is 1. The number of fused-ring (bicyclic) bond motifs is 1. The van der Waals surface area contributed by atoms with Gasteiger partial charge in [-0.05, 0) is 56.5 Å². The molecule has 39 heavy (non-hydrogen) atoms. The van der Waals surface area contributed by atoms with Crippen LogP contribution in [0, 0.1) is 23.2 Å². The largest absolute Gasteiger partial charge is 0.386 e. The summed E-state index contributed by atoms with van der Waals surface area (Å²) >= 11 is 0. The third kappa shape index (κ3) is 6.61. The van der Waals surface area contributed by atoms with Crippen LogP contribution in [0.1, 0.15) is 45.1 Å². The third-order valence-electron chi connectivity index (χ3n) is 7.24. The lowest BCUT2D eigenvalue weighted by Gasteiger charge is -2.31. The molecule has 6 N–H and O–H groups in total. The Bertz CT molecular complexity index is 1360. The quantitative estimate of drug-likeness (QED) is 0.160. The van der Waals surface area contributed by atoms with E-state index in [0.29, 0.717) is 41.6 Å². The van der Waals surface area contributed by atoms with Crippen molar-refractivity contribution in [1.82, 2.24) is 25.1 Å². The molecule has 2 aromatic heterocycles. The summed E-state index contributed by atoms with van der Waals surface area (Å²) < 4.78 is 0. The van der Waals surface area contributed by atoms with Crippen molar-refractivity contribution in [2.45, 2.75) is 46.1 Å². The average molecular weight is 532 g/mol. The van der Waals surface area contributed by atoms with Gasteiger partial charge in [0.05, 0.1) is 12.3 Å². The number of benzene rings is 1. The van der Waals surface area contributed by atoms with Crippen molar-refractivity contribution >= 4 is 34.2 Å². The molecule has 0 saturated carbocycles. The fourth-order valence-electron chi connectivity index (χ4n) is 5.01. The van der Waals surface area contributed by atoms with Crippen LogP contribution in [0.2, 0.25) is 0 Å². The molecule has 2 aliphatic rings. The highest BCUT2D eigenvalue weighted by molar-refractivity contribution is 5.90. The van der Waals surface area contributed by atoms with Gasteiger partial charge in [0.25, 0.3) is 5.56 Å². The Morgan fingerprint density at radius 3 is 2.46 bits per heavy atom. The van der Waals surface area contributed by atoms with Crippen LogP contribution in [0.5, 0.6) is 0 Å². The molecule has 206 valence electrons. The van der Waals surface area contributed by atoms with Crippen molar-refractivity contribution in [3.8, 4) is 6.07 Å². The van der Waals surface area contributed by atoms with Crippen LogP contribution in [0.4, 0.5) is 17.5 Å². The highest BCUT2D eigenvalue weighted by Crippen LogP contribution is 2.27. The Morgan fingerprint density at radius 1 is 1.13 bits per heavy atom. The van der Waals surface area contributed by atoms with E-state index in [1.54, 1.807) is 0 Å². The van der Waals surface area contributed by atoms with Gasteiger partial charge in [0, 0.05) is 37.2 Å². The zero-order chi connectivity index (χ0) is 27.8. The van der Waals surface area contributed by atoms with Crippen LogP contribution in [-0.4, -0.2) is 57.1 Å². The number of nitrogens with one attached hydrogen (secondary N) is 2. The minimum atomic E-state index is -0.352. The lowest BCUT2D eigenvalue weighted by atomic mass is 9.95. The maximum atomic E-state index is 12.6. The zero-order valence-electron chi connectivity index (χ0n) is 22.6. The molecule has 3 aromatic rings. The first kappa shape index (κ1) is 27.8. The van der Waals surface area contributed by atoms with E-state index in [2.05, 4.69) is 53.6 Å². The molecule has 0 bridgehead atoms. The van der Waals surface area contributed by atoms with Crippen LogP contribution in [0.15, 0.2) is 40.4 Å². The minimum absolute atomic E-state index is 0.0570. The normalized spacial score (nSPS) is 17.4. The lowest BCUT2D eigenvalue weighted by Crippen LogP contribution is -2.38. The van der Waals surface area contributed by atoms with E-state index in [4.69, 9.17) is 16.6 Å². The number of aromatic nitrogens is 4. The molecule has 0 atom stereocenters. The van der Waals surface area contributed by atoms with Crippen molar-refractivity contribution in [3.05, 3.63) is 46.4 Å². The van der Waals surface area contributed by atoms with E-state index in [0.717, 1.165) is 51.0 Å². The van der Waals surface area contributed by atoms with Crippen LogP contribution in [0.3, 0.4) is 0 Å². The second-order valence-electron chi connectivity index (χ2n) is 9.65. The molecule has 2 saturated heterocycles. The van der Waals surface area contributed by atoms with Crippen LogP contribution in [0.25, 0.3) is 10.9 Å². The third-order valence-corrected chi connectivity index (χ3v) is 7.24. The van der Waals surface area contributed by atoms with Crippen LogP contribution < -0.4 is 27.4 Å². The van der Waals surface area contributed by atoms with Crippen molar-refractivity contribution in [1.29, 1.82) is 5.26 Å². The van der Waals surface area contributed by atoms with Crippen molar-refractivity contribution < 1.29 is 0 Å². The van der Waals surface area contributed by atoms with Gasteiger partial charge >= 0.3 is 0 Å². The van der Waals surface area contributed by atoms with Gasteiger partial charge in [-0.25, -0.2) is 10.1 Å². The molecule has 0 radical (unpaired) electrons. The number of amidine groups is 1. The molecule has 5 rings (SSSR count). The maximum absolute atomic E-state index is 12.6. The second-order valence-corrected chi connectivity index (χ2v) is 9.65. The number of aromatic amines is 1. The summed E-state index contributed by atoms with van der Waals surface area (Å²) in [5.74, 6) is 7.14. The lowest BCUT2D eigenvalue weighted by molar-refractivity contribution is 0.201. The fraction of sp³-hybridized carbons (Fsp3) is 0.481. The van der Waals surface area contributed by atoms with Gasteiger partial charge in [-0.15, -0.1) is 0 Å². The number of piperidine rings is 2. The fourth-order valence-corrected chi connectivity index (χ4v) is 5.01. The smallest absolute Gasteiger partial charge is 0.277 e. The highest BCUT2D eigenvalue weighted by Gasteiger charge is 2.23. The molecule has 4 heterocycles. The molecule has 0 unspecified atom stereocenters. The van der Waals surface area contributed by atoms with Crippen molar-refractivity contribution in [3.63, 3.8) is 0 Å². The van der Waals surface area contributed by atoms with Gasteiger partial charge in [-0.1, -0.05) is 26.0 Å². The highest BCUT2D eigenvalue weighted by atomic mass is 16.1. The summed E-state index contributed by atoms with van der Waals surface area (Å²) in [5, 5.41) is 22.9. The SMILES string of the molecule is CC.N#CC1CCN(c2nc(Nc3ccc(CN4CCC(/C(N)=N/N)CC4)cc3)c3c(=O)[nH]ncc3n2)CC1. The van der Waals surface area contributed by atoms with E-state index in [9.17, 15) is 10.1 Å². The number of rotatable bonds is 6. The Balaban J connectivity index is 0.00000172. The molecule has 2 fully saturated rings. The van der Waals surface area contributed by atoms with Gasteiger partial charge < -0.3 is 21.8 Å². The maximum Gasteiger partial charge on any atom is 0.277 e. The molecule has 0 spiro atoms. The van der Waals surface area contributed by atoms with Crippen LogP contribution >= 0.6 is 0 Å². The zero-order valence-corrected chi connectivity index (χ0v) is 22.6. The molecule has 1 aromatic carbocycles. The number of nitriles is 1. The first-order valence-corrected chi connectivity index (χ1v) is 13.6. The number of hydrogen-bond donors (Lipinski definition) is 4. The summed E-state index contributed by atoms with van der Waals surface area (Å²) in [4.78, 5) is 26.4. The van der Waals surface area contributed by atoms with E-state index >= 15 is 0 Å². The average Bonchev–Trinajstić information content (AvgIpc) is 2.99. The predicted octanol–water partition coefficient (Wildman–Crippen LogP) is 2.67. The van der Waals surface area contributed by atoms with Gasteiger partial charge in [0.2, 0.25) is 5.95 Å². The summed E-state index contributed by atoms with van der Waals surface area (Å²) in [6.45, 7) is 8.12. The van der Waals surface area contributed by atoms with E-state index < -0.39 is 0 Å². The Morgan fingerprint density at radius 2 is 1.82 bits per heavy atom. The standard InChI is InChI=1S/C25H31N11O.C2H6/c26-13-16-5-11-36(12-6-16)25-31-20-14-29-34-24(37)21(20)23(32-25)30-19-3-1-17(2-4-19)15-35-9-7-18(8-10-35)22(27)33-28;1-2/h1-4,14,16,18H,5-12,15,28H2,(H2,27,33)(H,34,37)(H,30,31,32);1-2H3. The summed E-state index contributed by atoms with van der Waals surface area (Å²) in [7, 11) is 0. The molecule has 12 heteroatoms. The number of hydrogen-bond acceptors (Lipinski definition) is 10. The monoisotopic (exact) mass is 531 g/mol. The van der Waals surface area contributed by atoms with Gasteiger partial charge in [0.15, 0.2) is 0 Å². The van der Waals surface area contributed by atoms with Gasteiger partial charge in [0.1, 0.15) is 22.6 Å². The first-order chi connectivity index (χ1) is 19.0. The molecule has 12 nitrogen and oxygen atoms in total. The summed E-state index contributed by atoms with van der Waals surface area (Å²) in [6.07, 6.45) is 4.97. The van der Waals surface area contributed by atoms with Crippen LogP contribution in [-0.2, 0) is 6.54 Å². The Kier molecular flexibility index (Phi) is 9.27. The van der Waals surface area contributed by atoms with Crippen molar-refractivity contribution in [2.75, 3.05) is 36.4 Å². The van der Waals surface area contributed by atoms with E-state index in [-0.39, 0.29) is 17.4 Å². The van der Waals surface area contributed by atoms with Gasteiger partial charge in [-0.2, -0.15) is 20.4 Å². The molecule has 2 aliphatic heterocycles. The number of anilines is 3. The predicted molar refractivity (Wildman–Crippen MR) is 153 cm³/mol. The van der Waals surface area contributed by atoms with Gasteiger partial charge in [-0.3, -0.25) is 9.69 Å². The molecule has 0 amide bonds. The number of nitrogens with two attached hydrogens (primary N) is 2. The number of nitrogens with zero attached hydrogens (tertiary/aromatic N) is 7. The second kappa shape index (κ2) is 13.0. The molecule has 0 aliphatic carbocycles. The minimum Gasteiger partial charge on any atom is -0.386 e. The van der Waals surface area contributed by atoms with E-state index in [1.807, 2.05) is 26.0 Å². The van der Waals surface area contributed by atoms with E-state index in [1.165, 1.54) is 11.8 Å². The molecular formula is C27H37N11O.